The molecule has 0 radical (unpaired) electrons. The first-order chi connectivity index (χ1) is 11.2. The normalized spacial score (nSPS) is 14.1. The average Bonchev–Trinajstić information content (AvgIpc) is 2.56. The Morgan fingerprint density at radius 3 is 2.65 bits per heavy atom. The van der Waals surface area contributed by atoms with Crippen LogP contribution in [0.3, 0.4) is 0 Å². The Hall–Kier alpha value is -2.34. The van der Waals surface area contributed by atoms with Crippen molar-refractivity contribution in [1.29, 1.82) is 0 Å². The predicted octanol–water partition coefficient (Wildman–Crippen LogP) is 2.35. The molecule has 1 aliphatic heterocycles. The van der Waals surface area contributed by atoms with Gasteiger partial charge in [-0.15, -0.1) is 0 Å². The van der Waals surface area contributed by atoms with Gasteiger partial charge in [0.15, 0.2) is 11.5 Å². The van der Waals surface area contributed by atoms with Gasteiger partial charge in [0, 0.05) is 22.1 Å². The summed E-state index contributed by atoms with van der Waals surface area (Å²) in [5, 5.41) is 2.73. The number of nitrogens with one attached hydrogen (secondary N) is 1. The minimum absolute atomic E-state index is 0.0561. The van der Waals surface area contributed by atoms with Crippen molar-refractivity contribution >= 4 is 22.4 Å². The number of rotatable bonds is 5. The van der Waals surface area contributed by atoms with Crippen LogP contribution in [0.25, 0.3) is 0 Å². The van der Waals surface area contributed by atoms with E-state index in [1.807, 2.05) is 36.4 Å². The predicted molar refractivity (Wildman–Crippen MR) is 89.2 cm³/mol. The molecule has 5 nitrogen and oxygen atoms in total. The largest absolute Gasteiger partial charge is 0.486 e. The number of carbonyl (C=O) groups is 1. The molecule has 0 saturated heterocycles. The van der Waals surface area contributed by atoms with E-state index in [0.717, 1.165) is 5.56 Å². The van der Waals surface area contributed by atoms with E-state index < -0.39 is 10.8 Å². The van der Waals surface area contributed by atoms with Gasteiger partial charge in [0.05, 0.1) is 5.75 Å². The van der Waals surface area contributed by atoms with Crippen molar-refractivity contribution in [2.75, 3.05) is 24.3 Å². The Morgan fingerprint density at radius 2 is 1.83 bits per heavy atom. The highest BCUT2D eigenvalue weighted by atomic mass is 32.2. The Kier molecular flexibility index (Phi) is 4.92. The quantitative estimate of drug-likeness (QED) is 0.913. The molecular formula is C17H17NO4S. The molecule has 0 spiro atoms. The first kappa shape index (κ1) is 15.6. The Balaban J connectivity index is 1.60. The molecule has 0 bridgehead atoms. The number of ether oxygens (including phenoxy) is 2. The number of benzene rings is 2. The van der Waals surface area contributed by atoms with E-state index in [1.165, 1.54) is 0 Å². The van der Waals surface area contributed by atoms with Crippen molar-refractivity contribution < 1.29 is 18.5 Å². The van der Waals surface area contributed by atoms with E-state index in [1.54, 1.807) is 12.1 Å². The van der Waals surface area contributed by atoms with E-state index in [2.05, 4.69) is 5.32 Å². The maximum Gasteiger partial charge on any atom is 0.237 e. The molecule has 1 aliphatic rings. The number of fused-ring (bicyclic) bond motifs is 1. The molecule has 6 heteroatoms. The molecule has 120 valence electrons. The third kappa shape index (κ3) is 4.10. The zero-order valence-electron chi connectivity index (χ0n) is 12.5. The second kappa shape index (κ2) is 7.28. The number of amides is 1. The molecule has 1 N–H and O–H groups in total. The van der Waals surface area contributed by atoms with Crippen LogP contribution in [0.5, 0.6) is 11.5 Å². The fourth-order valence-electron chi connectivity index (χ4n) is 2.34. The van der Waals surface area contributed by atoms with Gasteiger partial charge in [-0.3, -0.25) is 9.00 Å². The van der Waals surface area contributed by atoms with Crippen molar-refractivity contribution in [2.24, 2.45) is 0 Å². The van der Waals surface area contributed by atoms with Crippen LogP contribution in [-0.4, -0.2) is 29.1 Å². The molecule has 0 fully saturated rings. The fraction of sp³-hybridized carbons (Fsp3) is 0.235. The molecule has 0 saturated carbocycles. The lowest BCUT2D eigenvalue weighted by molar-refractivity contribution is -0.113. The molecule has 1 heterocycles. The molecule has 1 unspecified atom stereocenters. The van der Waals surface area contributed by atoms with Crippen LogP contribution in [0.1, 0.15) is 5.56 Å². The summed E-state index contributed by atoms with van der Waals surface area (Å²) in [6.07, 6.45) is 0. The Morgan fingerprint density at radius 1 is 1.04 bits per heavy atom. The third-order valence-electron chi connectivity index (χ3n) is 3.31. The van der Waals surface area contributed by atoms with Crippen LogP contribution in [0.15, 0.2) is 48.5 Å². The van der Waals surface area contributed by atoms with Crippen molar-refractivity contribution in [1.82, 2.24) is 0 Å². The number of carbonyl (C=O) groups excluding carboxylic acids is 1. The molecule has 23 heavy (non-hydrogen) atoms. The van der Waals surface area contributed by atoms with Crippen LogP contribution in [0.4, 0.5) is 5.69 Å². The van der Waals surface area contributed by atoms with Crippen molar-refractivity contribution in [3.63, 3.8) is 0 Å². The fourth-order valence-corrected chi connectivity index (χ4v) is 3.38. The van der Waals surface area contributed by atoms with Gasteiger partial charge in [-0.1, -0.05) is 30.3 Å². The topological polar surface area (TPSA) is 64.6 Å². The van der Waals surface area contributed by atoms with Crippen LogP contribution in [-0.2, 0) is 21.3 Å². The zero-order chi connectivity index (χ0) is 16.1. The summed E-state index contributed by atoms with van der Waals surface area (Å²) in [5.74, 6) is 1.24. The van der Waals surface area contributed by atoms with E-state index in [9.17, 15) is 9.00 Å². The molecule has 1 amide bonds. The lowest BCUT2D eigenvalue weighted by atomic mass is 10.2. The molecule has 0 aromatic heterocycles. The van der Waals surface area contributed by atoms with Gasteiger partial charge in [0.25, 0.3) is 0 Å². The minimum atomic E-state index is -1.32. The summed E-state index contributed by atoms with van der Waals surface area (Å²) in [4.78, 5) is 11.9. The number of hydrogen-bond acceptors (Lipinski definition) is 4. The zero-order valence-corrected chi connectivity index (χ0v) is 13.3. The summed E-state index contributed by atoms with van der Waals surface area (Å²) in [5.41, 5.74) is 1.50. The summed E-state index contributed by atoms with van der Waals surface area (Å²) in [6, 6.07) is 14.6. The molecule has 2 aromatic rings. The SMILES string of the molecule is O=C(CS(=O)Cc1cccc2c1OCCO2)Nc1ccccc1. The van der Waals surface area contributed by atoms with Gasteiger partial charge in [-0.25, -0.2) is 0 Å². The van der Waals surface area contributed by atoms with Gasteiger partial charge < -0.3 is 14.8 Å². The minimum Gasteiger partial charge on any atom is -0.486 e. The highest BCUT2D eigenvalue weighted by Crippen LogP contribution is 2.34. The second-order valence-electron chi connectivity index (χ2n) is 5.08. The summed E-state index contributed by atoms with van der Waals surface area (Å²) in [7, 11) is -1.32. The van der Waals surface area contributed by atoms with Gasteiger partial charge in [0.1, 0.15) is 19.0 Å². The third-order valence-corrected chi connectivity index (χ3v) is 4.53. The van der Waals surface area contributed by atoms with Crippen LogP contribution in [0.2, 0.25) is 0 Å². The van der Waals surface area contributed by atoms with Gasteiger partial charge in [-0.2, -0.15) is 0 Å². The Bertz CT molecular complexity index is 718. The van der Waals surface area contributed by atoms with Crippen molar-refractivity contribution in [2.45, 2.75) is 5.75 Å². The number of hydrogen-bond donors (Lipinski definition) is 1. The first-order valence-corrected chi connectivity index (χ1v) is 8.78. The first-order valence-electron chi connectivity index (χ1n) is 7.30. The van der Waals surface area contributed by atoms with Crippen molar-refractivity contribution in [3.8, 4) is 11.5 Å². The standard InChI is InChI=1S/C17H17NO4S/c19-16(18-14-6-2-1-3-7-14)12-23(20)11-13-5-4-8-15-17(13)22-10-9-21-15/h1-8H,9-12H2,(H,18,19). The van der Waals surface area contributed by atoms with Crippen LogP contribution in [0, 0.1) is 0 Å². The van der Waals surface area contributed by atoms with E-state index in [4.69, 9.17) is 9.47 Å². The lowest BCUT2D eigenvalue weighted by Gasteiger charge is -2.20. The molecule has 3 rings (SSSR count). The van der Waals surface area contributed by atoms with Crippen LogP contribution >= 0.6 is 0 Å². The van der Waals surface area contributed by atoms with E-state index in [0.29, 0.717) is 30.4 Å². The monoisotopic (exact) mass is 331 g/mol. The maximum absolute atomic E-state index is 12.3. The highest BCUT2D eigenvalue weighted by Gasteiger charge is 2.18. The van der Waals surface area contributed by atoms with Crippen LogP contribution < -0.4 is 14.8 Å². The second-order valence-corrected chi connectivity index (χ2v) is 6.54. The van der Waals surface area contributed by atoms with E-state index >= 15 is 0 Å². The van der Waals surface area contributed by atoms with Gasteiger partial charge in [0.2, 0.25) is 5.91 Å². The van der Waals surface area contributed by atoms with Gasteiger partial charge in [-0.05, 0) is 18.2 Å². The average molecular weight is 331 g/mol. The van der Waals surface area contributed by atoms with Gasteiger partial charge >= 0.3 is 0 Å². The summed E-state index contributed by atoms with van der Waals surface area (Å²) >= 11 is 0. The highest BCUT2D eigenvalue weighted by molar-refractivity contribution is 7.85. The molecule has 2 aromatic carbocycles. The molecular weight excluding hydrogens is 314 g/mol. The smallest absolute Gasteiger partial charge is 0.237 e. The number of para-hydroxylation sites is 2. The molecule has 0 aliphatic carbocycles. The maximum atomic E-state index is 12.3. The molecule has 1 atom stereocenters. The summed E-state index contributed by atoms with van der Waals surface area (Å²) in [6.45, 7) is 0.990. The lowest BCUT2D eigenvalue weighted by Crippen LogP contribution is -2.21. The Labute approximate surface area is 137 Å². The van der Waals surface area contributed by atoms with E-state index in [-0.39, 0.29) is 17.4 Å². The van der Waals surface area contributed by atoms with Crippen molar-refractivity contribution in [3.05, 3.63) is 54.1 Å². The number of anilines is 1. The summed E-state index contributed by atoms with van der Waals surface area (Å²) < 4.78 is 23.4.